The molecule has 2 aromatic carbocycles. The molecule has 0 aliphatic rings. The van der Waals surface area contributed by atoms with Gasteiger partial charge in [0.25, 0.3) is 21.4 Å². The van der Waals surface area contributed by atoms with Crippen molar-refractivity contribution >= 4 is 27.1 Å². The Kier molecular flexibility index (Phi) is 4.41. The molecule has 2 rings (SSSR count). The lowest BCUT2D eigenvalue weighted by Crippen LogP contribution is -2.16. The highest BCUT2D eigenvalue weighted by atomic mass is 32.2. The fourth-order valence-corrected chi connectivity index (χ4v) is 3.00. The lowest BCUT2D eigenvalue weighted by molar-refractivity contribution is -0.396. The maximum Gasteiger partial charge on any atom is 0.296 e. The molecule has 0 fully saturated rings. The molecule has 0 amide bonds. The van der Waals surface area contributed by atoms with Crippen LogP contribution in [-0.4, -0.2) is 18.3 Å². The maximum atomic E-state index is 13.5. The van der Waals surface area contributed by atoms with E-state index in [1.807, 2.05) is 0 Å². The molecule has 0 heterocycles. The second kappa shape index (κ2) is 6.16. The molecule has 0 spiro atoms. The number of non-ortho nitro benzene ring substituents is 1. The average molecular weight is 359 g/mol. The number of para-hydroxylation sites is 1. The van der Waals surface area contributed by atoms with Crippen LogP contribution >= 0.6 is 0 Å². The van der Waals surface area contributed by atoms with E-state index in [1.54, 1.807) is 4.72 Å². The Morgan fingerprint density at radius 3 is 2.04 bits per heavy atom. The van der Waals surface area contributed by atoms with Crippen LogP contribution in [0.4, 0.5) is 25.8 Å². The molecule has 0 aliphatic carbocycles. The molecular formula is C12H7F2N3O6S. The first-order valence-electron chi connectivity index (χ1n) is 6.03. The molecule has 0 aliphatic heterocycles. The van der Waals surface area contributed by atoms with Crippen molar-refractivity contribution in [1.82, 2.24) is 0 Å². The monoisotopic (exact) mass is 359 g/mol. The van der Waals surface area contributed by atoms with Crippen molar-refractivity contribution in [2.24, 2.45) is 0 Å². The highest BCUT2D eigenvalue weighted by Crippen LogP contribution is 2.30. The Balaban J connectivity index is 2.57. The summed E-state index contributed by atoms with van der Waals surface area (Å²) in [6.07, 6.45) is 0. The number of anilines is 1. The van der Waals surface area contributed by atoms with Gasteiger partial charge in [-0.3, -0.25) is 25.0 Å². The highest BCUT2D eigenvalue weighted by Gasteiger charge is 2.30. The summed E-state index contributed by atoms with van der Waals surface area (Å²) in [5, 5.41) is 21.6. The molecule has 0 atom stereocenters. The van der Waals surface area contributed by atoms with Crippen molar-refractivity contribution in [3.05, 3.63) is 68.3 Å². The summed E-state index contributed by atoms with van der Waals surface area (Å²) in [5.41, 5.74) is -2.84. The fourth-order valence-electron chi connectivity index (χ4n) is 1.77. The molecule has 1 N–H and O–H groups in total. The van der Waals surface area contributed by atoms with Gasteiger partial charge in [-0.15, -0.1) is 0 Å². The van der Waals surface area contributed by atoms with Crippen LogP contribution in [0.1, 0.15) is 0 Å². The van der Waals surface area contributed by atoms with E-state index in [2.05, 4.69) is 0 Å². The second-order valence-electron chi connectivity index (χ2n) is 4.37. The first-order chi connectivity index (χ1) is 11.1. The van der Waals surface area contributed by atoms with E-state index in [-0.39, 0.29) is 0 Å². The fraction of sp³-hybridized carbons (Fsp3) is 0. The lowest BCUT2D eigenvalue weighted by atomic mass is 10.3. The van der Waals surface area contributed by atoms with Gasteiger partial charge in [-0.1, -0.05) is 6.07 Å². The molecular weight excluding hydrogens is 352 g/mol. The van der Waals surface area contributed by atoms with Gasteiger partial charge in [-0.05, 0) is 18.2 Å². The van der Waals surface area contributed by atoms with Crippen LogP contribution in [0.5, 0.6) is 0 Å². The number of hydrogen-bond acceptors (Lipinski definition) is 6. The zero-order valence-electron chi connectivity index (χ0n) is 11.5. The number of nitrogens with one attached hydrogen (secondary N) is 1. The van der Waals surface area contributed by atoms with Crippen molar-refractivity contribution in [2.45, 2.75) is 4.90 Å². The van der Waals surface area contributed by atoms with Crippen LogP contribution < -0.4 is 4.72 Å². The van der Waals surface area contributed by atoms with Gasteiger partial charge in [-0.2, -0.15) is 0 Å². The number of nitro benzene ring substituents is 2. The Morgan fingerprint density at radius 1 is 0.958 bits per heavy atom. The van der Waals surface area contributed by atoms with Crippen LogP contribution in [0.25, 0.3) is 0 Å². The standard InChI is InChI=1S/C12H7F2N3O6S/c13-8-2-1-3-9(14)12(8)15-24(22,23)11-5-4-7(16(18)19)6-10(11)17(20)21/h1-6,15H. The number of halogens is 2. The number of benzene rings is 2. The molecule has 0 aromatic heterocycles. The number of rotatable bonds is 5. The summed E-state index contributed by atoms with van der Waals surface area (Å²) in [7, 11) is -4.77. The minimum atomic E-state index is -4.77. The first kappa shape index (κ1) is 17.2. The van der Waals surface area contributed by atoms with Crippen molar-refractivity contribution < 1.29 is 27.0 Å². The van der Waals surface area contributed by atoms with E-state index in [9.17, 15) is 37.4 Å². The third-order valence-corrected chi connectivity index (χ3v) is 4.24. The molecule has 126 valence electrons. The maximum absolute atomic E-state index is 13.5. The Labute approximate surface area is 132 Å². The largest absolute Gasteiger partial charge is 0.296 e. The molecule has 0 bridgehead atoms. The first-order valence-corrected chi connectivity index (χ1v) is 7.51. The van der Waals surface area contributed by atoms with Gasteiger partial charge in [0, 0.05) is 6.07 Å². The molecule has 0 saturated heterocycles. The number of nitro groups is 2. The Morgan fingerprint density at radius 2 is 1.54 bits per heavy atom. The van der Waals surface area contributed by atoms with Crippen LogP contribution in [0.2, 0.25) is 0 Å². The van der Waals surface area contributed by atoms with Gasteiger partial charge in [0.15, 0.2) is 4.90 Å². The number of nitrogens with zero attached hydrogens (tertiary/aromatic N) is 2. The average Bonchev–Trinajstić information content (AvgIpc) is 2.50. The smallest absolute Gasteiger partial charge is 0.274 e. The normalized spacial score (nSPS) is 11.1. The summed E-state index contributed by atoms with van der Waals surface area (Å²) in [5.74, 6) is -2.47. The summed E-state index contributed by atoms with van der Waals surface area (Å²) in [6.45, 7) is 0. The third-order valence-electron chi connectivity index (χ3n) is 2.84. The summed E-state index contributed by atoms with van der Waals surface area (Å²) in [6, 6.07) is 4.33. The number of hydrogen-bond donors (Lipinski definition) is 1. The van der Waals surface area contributed by atoms with E-state index in [1.165, 1.54) is 0 Å². The molecule has 24 heavy (non-hydrogen) atoms. The van der Waals surface area contributed by atoms with Crippen LogP contribution in [0.15, 0.2) is 41.3 Å². The molecule has 12 heteroatoms. The third kappa shape index (κ3) is 3.27. The molecule has 0 unspecified atom stereocenters. The zero-order chi connectivity index (χ0) is 18.1. The van der Waals surface area contributed by atoms with E-state index >= 15 is 0 Å². The minimum absolute atomic E-state index is 0.437. The van der Waals surface area contributed by atoms with E-state index < -0.39 is 53.5 Å². The quantitative estimate of drug-likeness (QED) is 0.644. The van der Waals surface area contributed by atoms with Gasteiger partial charge in [-0.25, -0.2) is 17.2 Å². The molecule has 9 nitrogen and oxygen atoms in total. The predicted octanol–water partition coefficient (Wildman–Crippen LogP) is 2.58. The van der Waals surface area contributed by atoms with Crippen molar-refractivity contribution in [3.63, 3.8) is 0 Å². The van der Waals surface area contributed by atoms with Gasteiger partial charge in [0.1, 0.15) is 17.3 Å². The van der Waals surface area contributed by atoms with Crippen LogP contribution in [0.3, 0.4) is 0 Å². The SMILES string of the molecule is O=[N+]([O-])c1ccc(S(=O)(=O)Nc2c(F)cccc2F)c([N+](=O)[O-])c1. The Hall–Kier alpha value is -3.15. The van der Waals surface area contributed by atoms with Gasteiger partial charge in [0.05, 0.1) is 15.9 Å². The predicted molar refractivity (Wildman–Crippen MR) is 76.9 cm³/mol. The van der Waals surface area contributed by atoms with Gasteiger partial charge < -0.3 is 0 Å². The molecule has 0 saturated carbocycles. The van der Waals surface area contributed by atoms with Gasteiger partial charge >= 0.3 is 0 Å². The van der Waals surface area contributed by atoms with Crippen LogP contribution in [-0.2, 0) is 10.0 Å². The number of sulfonamides is 1. The Bertz CT molecular complexity index is 928. The van der Waals surface area contributed by atoms with E-state index in [4.69, 9.17) is 0 Å². The topological polar surface area (TPSA) is 132 Å². The lowest BCUT2D eigenvalue weighted by Gasteiger charge is -2.10. The molecule has 0 radical (unpaired) electrons. The van der Waals surface area contributed by atoms with Crippen molar-refractivity contribution in [1.29, 1.82) is 0 Å². The summed E-state index contributed by atoms with van der Waals surface area (Å²) < 4.78 is 53.0. The van der Waals surface area contributed by atoms with E-state index in [0.29, 0.717) is 12.1 Å². The van der Waals surface area contributed by atoms with Crippen molar-refractivity contribution in [3.8, 4) is 0 Å². The highest BCUT2D eigenvalue weighted by molar-refractivity contribution is 7.92. The minimum Gasteiger partial charge on any atom is -0.274 e. The summed E-state index contributed by atoms with van der Waals surface area (Å²) >= 11 is 0. The van der Waals surface area contributed by atoms with Crippen molar-refractivity contribution in [2.75, 3.05) is 4.72 Å². The van der Waals surface area contributed by atoms with E-state index in [0.717, 1.165) is 24.3 Å². The van der Waals surface area contributed by atoms with Crippen LogP contribution in [0, 0.1) is 31.9 Å². The second-order valence-corrected chi connectivity index (χ2v) is 6.02. The van der Waals surface area contributed by atoms with Gasteiger partial charge in [0.2, 0.25) is 0 Å². The molecule has 2 aromatic rings. The zero-order valence-corrected chi connectivity index (χ0v) is 12.3. The summed E-state index contributed by atoms with van der Waals surface area (Å²) in [4.78, 5) is 18.5.